The van der Waals surface area contributed by atoms with Gasteiger partial charge in [-0.15, -0.1) is 0 Å². The molecule has 0 aliphatic rings. The number of carboxylic acids is 1. The number of benzene rings is 1. The average molecular weight is 466 g/mol. The molecule has 1 aromatic carbocycles. The van der Waals surface area contributed by atoms with Crippen molar-refractivity contribution in [1.82, 2.24) is 10.3 Å². The second-order valence-electron chi connectivity index (χ2n) is 6.82. The van der Waals surface area contributed by atoms with Crippen LogP contribution >= 0.6 is 0 Å². The summed E-state index contributed by atoms with van der Waals surface area (Å²) in [5, 5.41) is 12.7. The van der Waals surface area contributed by atoms with Crippen LogP contribution < -0.4 is 16.4 Å². The van der Waals surface area contributed by atoms with Crippen LogP contribution in [0.3, 0.4) is 0 Å². The van der Waals surface area contributed by atoms with Gasteiger partial charge in [-0.05, 0) is 37.5 Å². The predicted octanol–water partition coefficient (Wildman–Crippen LogP) is 2.67. The number of aliphatic carboxylic acids is 1. The number of rotatable bonds is 8. The summed E-state index contributed by atoms with van der Waals surface area (Å²) in [5.74, 6) is -3.29. The number of nitrogens with two attached hydrogens (primary N) is 1. The highest BCUT2D eigenvalue weighted by atomic mass is 19.4. The van der Waals surface area contributed by atoms with Gasteiger partial charge >= 0.3 is 12.1 Å². The van der Waals surface area contributed by atoms with E-state index >= 15 is 0 Å². The smallest absolute Gasteiger partial charge is 0.475 e. The number of alkyl halides is 3. The predicted molar refractivity (Wildman–Crippen MR) is 116 cm³/mol. The summed E-state index contributed by atoms with van der Waals surface area (Å²) in [6.45, 7) is 1.63. The number of hydrogen-bond acceptors (Lipinski definition) is 5. The number of nitrogens with one attached hydrogen (secondary N) is 2. The number of aromatic nitrogens is 1. The summed E-state index contributed by atoms with van der Waals surface area (Å²) in [6.07, 6.45) is 2.67. The number of halogens is 3. The van der Waals surface area contributed by atoms with E-state index in [9.17, 15) is 22.8 Å². The quantitative estimate of drug-likeness (QED) is 0.442. The Morgan fingerprint density at radius 3 is 2.30 bits per heavy atom. The fourth-order valence-corrected chi connectivity index (χ4v) is 2.32. The van der Waals surface area contributed by atoms with Crippen molar-refractivity contribution >= 4 is 23.5 Å². The van der Waals surface area contributed by atoms with E-state index in [0.29, 0.717) is 12.1 Å². The minimum Gasteiger partial charge on any atom is -0.475 e. The molecule has 11 heteroatoms. The fourth-order valence-electron chi connectivity index (χ4n) is 2.32. The van der Waals surface area contributed by atoms with Gasteiger partial charge in [-0.2, -0.15) is 13.2 Å². The molecule has 0 radical (unpaired) electrons. The molecule has 0 bridgehead atoms. The molecule has 0 unspecified atom stereocenters. The van der Waals surface area contributed by atoms with Crippen molar-refractivity contribution in [2.75, 3.05) is 5.32 Å². The number of pyridine rings is 1. The summed E-state index contributed by atoms with van der Waals surface area (Å²) < 4.78 is 31.7. The van der Waals surface area contributed by atoms with Crippen molar-refractivity contribution in [2.45, 2.75) is 38.0 Å². The third-order valence-corrected chi connectivity index (χ3v) is 3.98. The molecule has 5 N–H and O–H groups in total. The van der Waals surface area contributed by atoms with Crippen molar-refractivity contribution < 1.29 is 32.7 Å². The topological polar surface area (TPSA) is 134 Å². The lowest BCUT2D eigenvalue weighted by molar-refractivity contribution is -0.192. The second-order valence-corrected chi connectivity index (χ2v) is 6.82. The first-order valence-electron chi connectivity index (χ1n) is 9.78. The summed E-state index contributed by atoms with van der Waals surface area (Å²) >= 11 is 0. The van der Waals surface area contributed by atoms with Crippen LogP contribution in [0.5, 0.6) is 0 Å². The maximum absolute atomic E-state index is 12.0. The van der Waals surface area contributed by atoms with Crippen LogP contribution in [-0.2, 0) is 20.8 Å². The highest BCUT2D eigenvalue weighted by Crippen LogP contribution is 2.13. The monoisotopic (exact) mass is 466 g/mol. The number of carboxylic acid groups (broad SMARTS) is 1. The van der Waals surface area contributed by atoms with Crippen LogP contribution in [0.1, 0.15) is 18.9 Å². The zero-order valence-electron chi connectivity index (χ0n) is 17.8. The molecule has 8 nitrogen and oxygen atoms in total. The summed E-state index contributed by atoms with van der Waals surface area (Å²) in [4.78, 5) is 36.8. The Labute approximate surface area is 188 Å². The second kappa shape index (κ2) is 13.6. The molecule has 1 aromatic heterocycles. The molecule has 2 amide bonds. The van der Waals surface area contributed by atoms with E-state index < -0.39 is 18.2 Å². The normalized spacial score (nSPS) is 12.8. The van der Waals surface area contributed by atoms with Gasteiger partial charge in [-0.1, -0.05) is 36.4 Å². The number of carbonyl (C=O) groups is 3. The molecule has 2 rings (SSSR count). The SMILES string of the molecule is C[C@H](N)C(=O)N[C@H](/C=C/C(=O)Nc1cccnc1)CCc1ccccc1.O=C(O)C(F)(F)F. The zero-order chi connectivity index (χ0) is 24.9. The van der Waals surface area contributed by atoms with Gasteiger partial charge in [-0.25, -0.2) is 4.79 Å². The molecular weight excluding hydrogens is 441 g/mol. The molecule has 33 heavy (non-hydrogen) atoms. The number of amides is 2. The minimum atomic E-state index is -5.08. The molecule has 0 aliphatic carbocycles. The van der Waals surface area contributed by atoms with Gasteiger partial charge in [-0.3, -0.25) is 14.6 Å². The fraction of sp³-hybridized carbons (Fsp3) is 0.273. The van der Waals surface area contributed by atoms with E-state index in [4.69, 9.17) is 15.6 Å². The lowest BCUT2D eigenvalue weighted by atomic mass is 10.0. The van der Waals surface area contributed by atoms with Crippen molar-refractivity contribution in [1.29, 1.82) is 0 Å². The summed E-state index contributed by atoms with van der Waals surface area (Å²) in [6, 6.07) is 12.6. The van der Waals surface area contributed by atoms with Crippen LogP contribution in [0.2, 0.25) is 0 Å². The van der Waals surface area contributed by atoms with E-state index in [1.54, 1.807) is 37.5 Å². The van der Waals surface area contributed by atoms with Crippen molar-refractivity contribution in [3.8, 4) is 0 Å². The Balaban J connectivity index is 0.000000675. The number of hydrogen-bond donors (Lipinski definition) is 4. The van der Waals surface area contributed by atoms with Gasteiger partial charge in [0.2, 0.25) is 11.8 Å². The van der Waals surface area contributed by atoms with Crippen molar-refractivity contribution in [3.63, 3.8) is 0 Å². The highest BCUT2D eigenvalue weighted by molar-refractivity contribution is 5.99. The maximum Gasteiger partial charge on any atom is 0.490 e. The average Bonchev–Trinajstić information content (AvgIpc) is 2.76. The van der Waals surface area contributed by atoms with E-state index in [1.807, 2.05) is 30.3 Å². The Kier molecular flexibility index (Phi) is 11.3. The van der Waals surface area contributed by atoms with Gasteiger partial charge in [0.1, 0.15) is 0 Å². The molecule has 2 atom stereocenters. The molecule has 0 fully saturated rings. The number of carbonyl (C=O) groups excluding carboxylic acids is 2. The summed E-state index contributed by atoms with van der Waals surface area (Å²) in [7, 11) is 0. The minimum absolute atomic E-state index is 0.250. The van der Waals surface area contributed by atoms with E-state index in [2.05, 4.69) is 15.6 Å². The first kappa shape index (κ1) is 27.3. The van der Waals surface area contributed by atoms with E-state index in [-0.39, 0.29) is 17.9 Å². The molecule has 0 saturated heterocycles. The molecule has 178 valence electrons. The maximum atomic E-state index is 12.0. The van der Waals surface area contributed by atoms with Crippen molar-refractivity contribution in [3.05, 3.63) is 72.6 Å². The Bertz CT molecular complexity index is 920. The van der Waals surface area contributed by atoms with Crippen molar-refractivity contribution in [2.24, 2.45) is 5.73 Å². The van der Waals surface area contributed by atoms with Gasteiger partial charge < -0.3 is 21.5 Å². The lowest BCUT2D eigenvalue weighted by Gasteiger charge is -2.17. The van der Waals surface area contributed by atoms with E-state index in [0.717, 1.165) is 6.42 Å². The molecule has 2 aromatic rings. The van der Waals surface area contributed by atoms with Crippen LogP contribution in [0.4, 0.5) is 18.9 Å². The van der Waals surface area contributed by atoms with Crippen LogP contribution in [-0.4, -0.2) is 46.1 Å². The highest BCUT2D eigenvalue weighted by Gasteiger charge is 2.38. The molecule has 0 aliphatic heterocycles. The largest absolute Gasteiger partial charge is 0.490 e. The van der Waals surface area contributed by atoms with Crippen LogP contribution in [0, 0.1) is 0 Å². The molecule has 1 heterocycles. The van der Waals surface area contributed by atoms with Crippen LogP contribution in [0.25, 0.3) is 0 Å². The lowest BCUT2D eigenvalue weighted by Crippen LogP contribution is -2.43. The summed E-state index contributed by atoms with van der Waals surface area (Å²) in [5.41, 5.74) is 7.41. The Hall–Kier alpha value is -3.73. The van der Waals surface area contributed by atoms with Gasteiger partial charge in [0.05, 0.1) is 17.9 Å². The van der Waals surface area contributed by atoms with E-state index in [1.165, 1.54) is 11.6 Å². The number of aryl methyl sites for hydroxylation is 1. The first-order valence-corrected chi connectivity index (χ1v) is 9.78. The zero-order valence-corrected chi connectivity index (χ0v) is 17.8. The number of anilines is 1. The van der Waals surface area contributed by atoms with Gasteiger partial charge in [0.25, 0.3) is 0 Å². The molecule has 0 spiro atoms. The Morgan fingerprint density at radius 1 is 1.15 bits per heavy atom. The third-order valence-electron chi connectivity index (χ3n) is 3.98. The number of nitrogens with zero attached hydrogens (tertiary/aromatic N) is 1. The first-order chi connectivity index (χ1) is 15.5. The molecular formula is C22H25F3N4O4. The standard InChI is InChI=1S/C20H24N4O2.C2HF3O2/c1-15(21)20(26)24-17(10-9-16-6-3-2-4-7-16)11-12-19(25)23-18-8-5-13-22-14-18;3-2(4,5)1(6)7/h2-8,11-15,17H,9-10,21H2,1H3,(H,23,25)(H,24,26);(H,6,7)/b12-11+;/t15-,17-;/m0./s1. The van der Waals surface area contributed by atoms with Gasteiger partial charge in [0.15, 0.2) is 0 Å². The van der Waals surface area contributed by atoms with Gasteiger partial charge in [0, 0.05) is 18.3 Å². The molecule has 0 saturated carbocycles. The Morgan fingerprint density at radius 2 is 1.79 bits per heavy atom. The third kappa shape index (κ3) is 12.0. The van der Waals surface area contributed by atoms with Crippen LogP contribution in [0.15, 0.2) is 67.0 Å².